The first-order chi connectivity index (χ1) is 9.47. The lowest BCUT2D eigenvalue weighted by atomic mass is 10.3. The van der Waals surface area contributed by atoms with Crippen molar-refractivity contribution in [2.24, 2.45) is 0 Å². The molecule has 0 fully saturated rings. The molecule has 0 amide bonds. The van der Waals surface area contributed by atoms with Crippen LogP contribution in [0.4, 0.5) is 5.69 Å². The molecule has 7 nitrogen and oxygen atoms in total. The maximum absolute atomic E-state index is 11.4. The van der Waals surface area contributed by atoms with Crippen molar-refractivity contribution in [2.75, 3.05) is 0 Å². The zero-order valence-corrected chi connectivity index (χ0v) is 12.2. The molecule has 0 N–H and O–H groups in total. The van der Waals surface area contributed by atoms with Gasteiger partial charge in [0.25, 0.3) is 0 Å². The molecule has 7 heteroatoms. The standard InChI is InChI=1S/C13H19N5O2/c1-5-6-11-14-7-8-16(11)13-12(18(19)20)10(4)15-17(13)9(2)3/h7-9H,5-6H2,1-4H3. The second kappa shape index (κ2) is 5.44. The average Bonchev–Trinajstić information content (AvgIpc) is 2.93. The summed E-state index contributed by atoms with van der Waals surface area (Å²) in [6.45, 7) is 7.63. The third kappa shape index (κ3) is 2.31. The molecule has 0 spiro atoms. The predicted molar refractivity (Wildman–Crippen MR) is 75.1 cm³/mol. The van der Waals surface area contributed by atoms with E-state index in [9.17, 15) is 10.1 Å². The van der Waals surface area contributed by atoms with Gasteiger partial charge >= 0.3 is 5.69 Å². The summed E-state index contributed by atoms with van der Waals surface area (Å²) in [5, 5.41) is 15.7. The van der Waals surface area contributed by atoms with Crippen LogP contribution in [-0.4, -0.2) is 24.3 Å². The highest BCUT2D eigenvalue weighted by Gasteiger charge is 2.28. The molecule has 0 radical (unpaired) electrons. The van der Waals surface area contributed by atoms with Gasteiger partial charge in [0.1, 0.15) is 11.5 Å². The molecule has 20 heavy (non-hydrogen) atoms. The number of rotatable bonds is 5. The topological polar surface area (TPSA) is 78.8 Å². The monoisotopic (exact) mass is 277 g/mol. The summed E-state index contributed by atoms with van der Waals surface area (Å²) in [7, 11) is 0. The maximum atomic E-state index is 11.4. The van der Waals surface area contributed by atoms with Crippen molar-refractivity contribution in [2.45, 2.75) is 46.6 Å². The highest BCUT2D eigenvalue weighted by atomic mass is 16.6. The van der Waals surface area contributed by atoms with Crippen LogP contribution in [-0.2, 0) is 6.42 Å². The summed E-state index contributed by atoms with van der Waals surface area (Å²) in [6.07, 6.45) is 5.13. The minimum absolute atomic E-state index is 0.0364. The van der Waals surface area contributed by atoms with Crippen LogP contribution in [0.15, 0.2) is 12.4 Å². The Hall–Kier alpha value is -2.18. The molecule has 2 heterocycles. The van der Waals surface area contributed by atoms with Crippen molar-refractivity contribution in [3.05, 3.63) is 34.0 Å². The Morgan fingerprint density at radius 1 is 1.45 bits per heavy atom. The SMILES string of the molecule is CCCc1nccn1-c1c([N+](=O)[O-])c(C)nn1C(C)C. The highest BCUT2D eigenvalue weighted by molar-refractivity contribution is 5.52. The van der Waals surface area contributed by atoms with Crippen molar-refractivity contribution in [1.29, 1.82) is 0 Å². The molecule has 0 bridgehead atoms. The number of nitrogens with zero attached hydrogens (tertiary/aromatic N) is 5. The molecule has 0 saturated carbocycles. The summed E-state index contributed by atoms with van der Waals surface area (Å²) >= 11 is 0. The van der Waals surface area contributed by atoms with E-state index in [1.807, 2.05) is 13.8 Å². The van der Waals surface area contributed by atoms with Crippen molar-refractivity contribution in [3.8, 4) is 5.82 Å². The Kier molecular flexibility index (Phi) is 3.87. The third-order valence-electron chi connectivity index (χ3n) is 3.12. The molecule has 0 unspecified atom stereocenters. The van der Waals surface area contributed by atoms with Gasteiger partial charge in [0, 0.05) is 24.9 Å². The second-order valence-corrected chi connectivity index (χ2v) is 5.02. The summed E-state index contributed by atoms with van der Waals surface area (Å²) in [5.41, 5.74) is 0.476. The van der Waals surface area contributed by atoms with Crippen LogP contribution in [0.5, 0.6) is 0 Å². The molecule has 0 atom stereocenters. The second-order valence-electron chi connectivity index (χ2n) is 5.02. The molecule has 0 aliphatic rings. The van der Waals surface area contributed by atoms with Crippen molar-refractivity contribution >= 4 is 5.69 Å². The Labute approximate surface area is 117 Å². The van der Waals surface area contributed by atoms with Crippen molar-refractivity contribution in [1.82, 2.24) is 19.3 Å². The number of aromatic nitrogens is 4. The normalized spacial score (nSPS) is 11.2. The molecule has 0 saturated heterocycles. The van der Waals surface area contributed by atoms with Crippen LogP contribution in [0.2, 0.25) is 0 Å². The fourth-order valence-electron chi connectivity index (χ4n) is 2.26. The van der Waals surface area contributed by atoms with E-state index in [0.717, 1.165) is 18.7 Å². The van der Waals surface area contributed by atoms with Gasteiger partial charge in [-0.2, -0.15) is 5.10 Å². The molecule has 0 aromatic carbocycles. The summed E-state index contributed by atoms with van der Waals surface area (Å²) in [5.74, 6) is 1.31. The zero-order chi connectivity index (χ0) is 14.9. The van der Waals surface area contributed by atoms with Gasteiger partial charge in [-0.15, -0.1) is 0 Å². The smallest absolute Gasteiger partial charge is 0.282 e. The maximum Gasteiger partial charge on any atom is 0.334 e. The van der Waals surface area contributed by atoms with Crippen LogP contribution in [0.3, 0.4) is 0 Å². The van der Waals surface area contributed by atoms with Crippen LogP contribution in [0.25, 0.3) is 5.82 Å². The fraction of sp³-hybridized carbons (Fsp3) is 0.538. The molecule has 0 aliphatic heterocycles. The number of nitro groups is 1. The van der Waals surface area contributed by atoms with E-state index in [2.05, 4.69) is 17.0 Å². The Morgan fingerprint density at radius 2 is 2.15 bits per heavy atom. The number of hydrogen-bond acceptors (Lipinski definition) is 4. The molecule has 108 valence electrons. The molecular weight excluding hydrogens is 258 g/mol. The van der Waals surface area contributed by atoms with Crippen LogP contribution in [0, 0.1) is 17.0 Å². The molecule has 2 aromatic rings. The summed E-state index contributed by atoms with van der Waals surface area (Å²) in [6, 6.07) is 0.0364. The first-order valence-corrected chi connectivity index (χ1v) is 6.73. The number of imidazole rings is 1. The Morgan fingerprint density at radius 3 is 2.70 bits per heavy atom. The fourth-order valence-corrected chi connectivity index (χ4v) is 2.26. The predicted octanol–water partition coefficient (Wildman–Crippen LogP) is 2.82. The van der Waals surface area contributed by atoms with Gasteiger partial charge in [-0.25, -0.2) is 9.67 Å². The van der Waals surface area contributed by atoms with Crippen LogP contribution >= 0.6 is 0 Å². The quantitative estimate of drug-likeness (QED) is 0.621. The van der Waals surface area contributed by atoms with Gasteiger partial charge in [0.15, 0.2) is 0 Å². The van der Waals surface area contributed by atoms with E-state index < -0.39 is 0 Å². The van der Waals surface area contributed by atoms with Gasteiger partial charge < -0.3 is 0 Å². The average molecular weight is 277 g/mol. The van der Waals surface area contributed by atoms with Crippen LogP contribution < -0.4 is 0 Å². The first-order valence-electron chi connectivity index (χ1n) is 6.73. The van der Waals surface area contributed by atoms with Gasteiger partial charge in [-0.05, 0) is 27.2 Å². The lowest BCUT2D eigenvalue weighted by molar-refractivity contribution is -0.385. The Balaban J connectivity index is 2.70. The van der Waals surface area contributed by atoms with E-state index in [4.69, 9.17) is 0 Å². The lowest BCUT2D eigenvalue weighted by Crippen LogP contribution is -2.12. The molecule has 2 rings (SSSR count). The van der Waals surface area contributed by atoms with E-state index >= 15 is 0 Å². The zero-order valence-electron chi connectivity index (χ0n) is 12.2. The lowest BCUT2D eigenvalue weighted by Gasteiger charge is -2.12. The first kappa shape index (κ1) is 14.2. The molecule has 0 aliphatic carbocycles. The van der Waals surface area contributed by atoms with E-state index in [1.54, 1.807) is 28.6 Å². The van der Waals surface area contributed by atoms with Crippen LogP contribution in [0.1, 0.15) is 44.8 Å². The Bertz CT molecular complexity index is 627. The third-order valence-corrected chi connectivity index (χ3v) is 3.12. The minimum atomic E-state index is -0.369. The number of hydrogen-bond donors (Lipinski definition) is 0. The van der Waals surface area contributed by atoms with E-state index in [0.29, 0.717) is 11.5 Å². The van der Waals surface area contributed by atoms with Gasteiger partial charge in [0.05, 0.1) is 4.92 Å². The van der Waals surface area contributed by atoms with E-state index in [-0.39, 0.29) is 16.7 Å². The molecule has 2 aromatic heterocycles. The largest absolute Gasteiger partial charge is 0.334 e. The van der Waals surface area contributed by atoms with Gasteiger partial charge in [-0.3, -0.25) is 14.7 Å². The molecular formula is C13H19N5O2. The van der Waals surface area contributed by atoms with Gasteiger partial charge in [-0.1, -0.05) is 6.92 Å². The van der Waals surface area contributed by atoms with Gasteiger partial charge in [0.2, 0.25) is 5.82 Å². The minimum Gasteiger partial charge on any atom is -0.282 e. The van der Waals surface area contributed by atoms with Crippen molar-refractivity contribution in [3.63, 3.8) is 0 Å². The number of aryl methyl sites for hydroxylation is 2. The summed E-state index contributed by atoms with van der Waals surface area (Å²) in [4.78, 5) is 15.3. The summed E-state index contributed by atoms with van der Waals surface area (Å²) < 4.78 is 3.47. The highest BCUT2D eigenvalue weighted by Crippen LogP contribution is 2.30. The van der Waals surface area contributed by atoms with E-state index in [1.165, 1.54) is 0 Å². The van der Waals surface area contributed by atoms with Crippen molar-refractivity contribution < 1.29 is 4.92 Å².